The molecule has 0 aliphatic carbocycles. The van der Waals surface area contributed by atoms with Crippen molar-refractivity contribution in [1.29, 1.82) is 0 Å². The zero-order valence-electron chi connectivity index (χ0n) is 10.5. The van der Waals surface area contributed by atoms with Crippen molar-refractivity contribution >= 4 is 49.8 Å². The highest BCUT2D eigenvalue weighted by Crippen LogP contribution is 2.18. The molecule has 1 amide bonds. The summed E-state index contributed by atoms with van der Waals surface area (Å²) in [4.78, 5) is 11.9. The molecule has 1 aromatic carbocycles. The molecule has 1 rings (SSSR count). The third-order valence-corrected chi connectivity index (χ3v) is 3.79. The van der Waals surface area contributed by atoms with Crippen molar-refractivity contribution in [2.75, 3.05) is 17.7 Å². The first-order valence-electron chi connectivity index (χ1n) is 5.22. The summed E-state index contributed by atoms with van der Waals surface area (Å²) in [6.45, 7) is 1.63. The Morgan fingerprint density at radius 2 is 2.05 bits per heavy atom. The van der Waals surface area contributed by atoms with Crippen molar-refractivity contribution in [2.24, 2.45) is 0 Å². The van der Waals surface area contributed by atoms with Gasteiger partial charge in [-0.25, -0.2) is 8.42 Å². The van der Waals surface area contributed by atoms with Crippen LogP contribution in [-0.2, 0) is 9.84 Å². The van der Waals surface area contributed by atoms with Gasteiger partial charge in [0.15, 0.2) is 0 Å². The molecular weight excluding hydrogens is 356 g/mol. The maximum absolute atomic E-state index is 11.9. The number of rotatable bonds is 4. The molecule has 1 atom stereocenters. The fraction of sp³-hybridized carbons (Fsp3) is 0.364. The first-order valence-corrected chi connectivity index (χ1v) is 8.08. The normalized spacial score (nSPS) is 12.4. The SMILES string of the molecule is CC(CS(C)(=O)=O)NC(=O)c1ccc(Br)cc1N.Cl. The Morgan fingerprint density at radius 3 is 2.53 bits per heavy atom. The van der Waals surface area contributed by atoms with E-state index in [0.717, 1.165) is 10.7 Å². The van der Waals surface area contributed by atoms with E-state index in [-0.39, 0.29) is 24.1 Å². The molecule has 0 fully saturated rings. The first kappa shape index (κ1) is 18.2. The zero-order chi connectivity index (χ0) is 13.9. The van der Waals surface area contributed by atoms with Crippen molar-refractivity contribution in [3.63, 3.8) is 0 Å². The molecule has 0 aliphatic rings. The van der Waals surface area contributed by atoms with E-state index >= 15 is 0 Å². The number of amides is 1. The monoisotopic (exact) mass is 370 g/mol. The molecule has 0 bridgehead atoms. The Bertz CT molecular complexity index is 563. The number of carbonyl (C=O) groups excluding carboxylic acids is 1. The maximum Gasteiger partial charge on any atom is 0.253 e. The van der Waals surface area contributed by atoms with Crippen LogP contribution < -0.4 is 11.1 Å². The van der Waals surface area contributed by atoms with Crippen LogP contribution in [0.1, 0.15) is 17.3 Å². The lowest BCUT2D eigenvalue weighted by Crippen LogP contribution is -2.37. The summed E-state index contributed by atoms with van der Waals surface area (Å²) in [5.41, 5.74) is 6.39. The number of anilines is 1. The van der Waals surface area contributed by atoms with Crippen LogP contribution in [0.4, 0.5) is 5.69 Å². The van der Waals surface area contributed by atoms with Crippen LogP contribution >= 0.6 is 28.3 Å². The Morgan fingerprint density at radius 1 is 1.47 bits per heavy atom. The van der Waals surface area contributed by atoms with Crippen molar-refractivity contribution in [2.45, 2.75) is 13.0 Å². The molecule has 0 aromatic heterocycles. The van der Waals surface area contributed by atoms with Gasteiger partial charge in [0, 0.05) is 22.5 Å². The fourth-order valence-corrected chi connectivity index (χ4v) is 2.91. The van der Waals surface area contributed by atoms with Crippen molar-refractivity contribution in [3.8, 4) is 0 Å². The number of benzene rings is 1. The van der Waals surface area contributed by atoms with E-state index in [4.69, 9.17) is 5.73 Å². The number of nitrogens with one attached hydrogen (secondary N) is 1. The number of sulfone groups is 1. The van der Waals surface area contributed by atoms with Gasteiger partial charge in [0.05, 0.1) is 11.3 Å². The van der Waals surface area contributed by atoms with E-state index in [1.165, 1.54) is 0 Å². The molecular formula is C11H16BrClN2O3S. The average Bonchev–Trinajstić information content (AvgIpc) is 2.13. The van der Waals surface area contributed by atoms with E-state index in [9.17, 15) is 13.2 Å². The van der Waals surface area contributed by atoms with Gasteiger partial charge in [-0.05, 0) is 25.1 Å². The van der Waals surface area contributed by atoms with E-state index in [1.54, 1.807) is 25.1 Å². The number of nitrogen functional groups attached to an aromatic ring is 1. The van der Waals surface area contributed by atoms with Crippen molar-refractivity contribution in [1.82, 2.24) is 5.32 Å². The van der Waals surface area contributed by atoms with Gasteiger partial charge >= 0.3 is 0 Å². The second-order valence-corrected chi connectivity index (χ2v) is 7.30. The van der Waals surface area contributed by atoms with Gasteiger partial charge in [-0.3, -0.25) is 4.79 Å². The van der Waals surface area contributed by atoms with Gasteiger partial charge in [0.25, 0.3) is 5.91 Å². The largest absolute Gasteiger partial charge is 0.398 e. The lowest BCUT2D eigenvalue weighted by Gasteiger charge is -2.13. The third-order valence-electron chi connectivity index (χ3n) is 2.19. The lowest BCUT2D eigenvalue weighted by molar-refractivity contribution is 0.0944. The minimum absolute atomic E-state index is 0. The lowest BCUT2D eigenvalue weighted by atomic mass is 10.1. The second kappa shape index (κ2) is 7.12. The van der Waals surface area contributed by atoms with Crippen LogP contribution in [0.3, 0.4) is 0 Å². The number of carbonyl (C=O) groups is 1. The van der Waals surface area contributed by atoms with E-state index in [0.29, 0.717) is 11.3 Å². The number of nitrogens with two attached hydrogens (primary N) is 1. The topological polar surface area (TPSA) is 89.3 Å². The highest BCUT2D eigenvalue weighted by atomic mass is 79.9. The predicted octanol–water partition coefficient (Wildman–Crippen LogP) is 1.62. The van der Waals surface area contributed by atoms with Gasteiger partial charge in [-0.2, -0.15) is 0 Å². The summed E-state index contributed by atoms with van der Waals surface area (Å²) < 4.78 is 23.0. The molecule has 0 aliphatic heterocycles. The molecule has 3 N–H and O–H groups in total. The smallest absolute Gasteiger partial charge is 0.253 e. The van der Waals surface area contributed by atoms with Crippen LogP contribution in [-0.4, -0.2) is 32.4 Å². The summed E-state index contributed by atoms with van der Waals surface area (Å²) in [6.07, 6.45) is 1.13. The summed E-state index contributed by atoms with van der Waals surface area (Å²) >= 11 is 3.24. The number of halogens is 2. The molecule has 1 aromatic rings. The summed E-state index contributed by atoms with van der Waals surface area (Å²) in [6, 6.07) is 4.44. The molecule has 0 spiro atoms. The quantitative estimate of drug-likeness (QED) is 0.787. The standard InChI is InChI=1S/C11H15BrN2O3S.ClH/c1-7(6-18(2,16)17)14-11(15)9-4-3-8(12)5-10(9)13;/h3-5,7H,6,13H2,1-2H3,(H,14,15);1H. The fourth-order valence-electron chi connectivity index (χ4n) is 1.54. The summed E-state index contributed by atoms with van der Waals surface area (Å²) in [7, 11) is -3.12. The second-order valence-electron chi connectivity index (χ2n) is 4.20. The van der Waals surface area contributed by atoms with Crippen LogP contribution in [0.2, 0.25) is 0 Å². The van der Waals surface area contributed by atoms with Gasteiger partial charge in [0.1, 0.15) is 9.84 Å². The molecule has 5 nitrogen and oxygen atoms in total. The van der Waals surface area contributed by atoms with Crippen molar-refractivity contribution < 1.29 is 13.2 Å². The van der Waals surface area contributed by atoms with Crippen LogP contribution in [0.5, 0.6) is 0 Å². The first-order chi connectivity index (χ1) is 8.19. The highest BCUT2D eigenvalue weighted by Gasteiger charge is 2.16. The van der Waals surface area contributed by atoms with Crippen LogP contribution in [0.25, 0.3) is 0 Å². The summed E-state index contributed by atoms with van der Waals surface area (Å²) in [5.74, 6) is -0.481. The van der Waals surface area contributed by atoms with Crippen molar-refractivity contribution in [3.05, 3.63) is 28.2 Å². The summed E-state index contributed by atoms with van der Waals surface area (Å²) in [5, 5.41) is 2.60. The Labute approximate surface area is 127 Å². The van der Waals surface area contributed by atoms with E-state index < -0.39 is 15.9 Å². The maximum atomic E-state index is 11.9. The van der Waals surface area contributed by atoms with Gasteiger partial charge in [-0.15, -0.1) is 12.4 Å². The van der Waals surface area contributed by atoms with Gasteiger partial charge in [-0.1, -0.05) is 15.9 Å². The van der Waals surface area contributed by atoms with E-state index in [1.807, 2.05) is 0 Å². The number of hydrogen-bond donors (Lipinski definition) is 2. The molecule has 0 saturated carbocycles. The number of hydrogen-bond acceptors (Lipinski definition) is 4. The predicted molar refractivity (Wildman–Crippen MR) is 82.4 cm³/mol. The highest BCUT2D eigenvalue weighted by molar-refractivity contribution is 9.10. The van der Waals surface area contributed by atoms with Crippen LogP contribution in [0.15, 0.2) is 22.7 Å². The Hall–Kier alpha value is -0.790. The molecule has 108 valence electrons. The molecule has 19 heavy (non-hydrogen) atoms. The molecule has 8 heteroatoms. The minimum Gasteiger partial charge on any atom is -0.398 e. The molecule has 0 saturated heterocycles. The Balaban J connectivity index is 0.00000324. The Kier molecular flexibility index (Phi) is 6.82. The van der Waals surface area contributed by atoms with Gasteiger partial charge in [0.2, 0.25) is 0 Å². The third kappa shape index (κ3) is 6.26. The molecule has 0 radical (unpaired) electrons. The van der Waals surface area contributed by atoms with Crippen LogP contribution in [0, 0.1) is 0 Å². The molecule has 1 unspecified atom stereocenters. The average molecular weight is 372 g/mol. The zero-order valence-corrected chi connectivity index (χ0v) is 13.7. The molecule has 0 heterocycles. The van der Waals surface area contributed by atoms with Gasteiger partial charge < -0.3 is 11.1 Å². The van der Waals surface area contributed by atoms with E-state index in [2.05, 4.69) is 21.2 Å². The minimum atomic E-state index is -3.12.